The Balaban J connectivity index is 1.57. The number of hydrogen-bond acceptors (Lipinski definition) is 6. The molecular weight excluding hydrogens is 445 g/mol. The zero-order valence-corrected chi connectivity index (χ0v) is 18.7. The molecule has 4 rings (SSSR count). The number of rotatable bonds is 6. The van der Waals surface area contributed by atoms with E-state index in [1.54, 1.807) is 7.11 Å². The van der Waals surface area contributed by atoms with Gasteiger partial charge in [0.1, 0.15) is 22.2 Å². The summed E-state index contributed by atoms with van der Waals surface area (Å²) in [4.78, 5) is 21.6. The first-order valence-electron chi connectivity index (χ1n) is 9.70. The van der Waals surface area contributed by atoms with Crippen LogP contribution in [0.3, 0.4) is 0 Å². The van der Waals surface area contributed by atoms with E-state index in [0.29, 0.717) is 34.5 Å². The Morgan fingerprint density at radius 1 is 1.23 bits per heavy atom. The van der Waals surface area contributed by atoms with Gasteiger partial charge >= 0.3 is 5.97 Å². The molecular formula is C21H21Cl2N3O3S. The Hall–Kier alpha value is -2.09. The number of methoxy groups -OCH3 is 1. The van der Waals surface area contributed by atoms with Crippen molar-refractivity contribution in [1.82, 2.24) is 9.97 Å². The van der Waals surface area contributed by atoms with Crippen LogP contribution in [0.1, 0.15) is 43.0 Å². The van der Waals surface area contributed by atoms with Crippen molar-refractivity contribution in [3.05, 3.63) is 45.0 Å². The van der Waals surface area contributed by atoms with Crippen molar-refractivity contribution in [3.63, 3.8) is 0 Å². The Bertz CT molecular complexity index is 1080. The van der Waals surface area contributed by atoms with Crippen molar-refractivity contribution in [2.24, 2.45) is 5.92 Å². The molecule has 3 aromatic rings. The second-order valence-corrected chi connectivity index (χ2v) is 9.48. The molecule has 1 aliphatic rings. The molecule has 1 aromatic carbocycles. The summed E-state index contributed by atoms with van der Waals surface area (Å²) in [5.41, 5.74) is 0.998. The smallest absolute Gasteiger partial charge is 0.306 e. The predicted molar refractivity (Wildman–Crippen MR) is 120 cm³/mol. The first kappa shape index (κ1) is 21.2. The van der Waals surface area contributed by atoms with Gasteiger partial charge in [-0.2, -0.15) is 0 Å². The highest BCUT2D eigenvalue weighted by molar-refractivity contribution is 7.22. The Labute approximate surface area is 188 Å². The quantitative estimate of drug-likeness (QED) is 0.465. The van der Waals surface area contributed by atoms with E-state index in [1.165, 1.54) is 11.3 Å². The van der Waals surface area contributed by atoms with Gasteiger partial charge in [-0.1, -0.05) is 29.3 Å². The topological polar surface area (TPSA) is 84.3 Å². The first-order chi connectivity index (χ1) is 14.4. The first-order valence-corrected chi connectivity index (χ1v) is 11.3. The number of carboxylic acids is 1. The summed E-state index contributed by atoms with van der Waals surface area (Å²) in [6.07, 6.45) is 2.85. The van der Waals surface area contributed by atoms with Crippen LogP contribution < -0.4 is 10.1 Å². The van der Waals surface area contributed by atoms with E-state index in [2.05, 4.69) is 5.32 Å². The standard InChI is InChI=1S/C21H21Cl2N3O3S/c1-29-16-7-2-11(8-15(16)22)10-24-19-14-9-17(23)30-20(14)26-18(25-19)12-3-5-13(6-4-12)21(27)28/h2,7-9,12-13H,3-6,10H2,1H3,(H,27,28)(H,24,25,26). The summed E-state index contributed by atoms with van der Waals surface area (Å²) in [6.45, 7) is 0.536. The van der Waals surface area contributed by atoms with Gasteiger partial charge in [0.2, 0.25) is 0 Å². The average Bonchev–Trinajstić information content (AvgIpc) is 3.12. The van der Waals surface area contributed by atoms with E-state index in [9.17, 15) is 9.90 Å². The molecule has 2 N–H and O–H groups in total. The number of nitrogens with one attached hydrogen (secondary N) is 1. The number of benzene rings is 1. The van der Waals surface area contributed by atoms with Crippen molar-refractivity contribution in [2.45, 2.75) is 38.1 Å². The lowest BCUT2D eigenvalue weighted by molar-refractivity contribution is -0.142. The molecule has 1 saturated carbocycles. The van der Waals surface area contributed by atoms with Crippen LogP contribution in [0.2, 0.25) is 9.36 Å². The molecule has 0 radical (unpaired) electrons. The molecule has 1 fully saturated rings. The van der Waals surface area contributed by atoms with Crippen molar-refractivity contribution >= 4 is 56.5 Å². The van der Waals surface area contributed by atoms with Gasteiger partial charge in [-0.3, -0.25) is 4.79 Å². The maximum absolute atomic E-state index is 11.2. The zero-order valence-electron chi connectivity index (χ0n) is 16.3. The molecule has 0 bridgehead atoms. The number of anilines is 1. The number of aliphatic carboxylic acids is 1. The molecule has 6 nitrogen and oxygen atoms in total. The highest BCUT2D eigenvalue weighted by atomic mass is 35.5. The number of ether oxygens (including phenoxy) is 1. The molecule has 1 aliphatic carbocycles. The maximum Gasteiger partial charge on any atom is 0.306 e. The van der Waals surface area contributed by atoms with Crippen molar-refractivity contribution in [3.8, 4) is 5.75 Å². The van der Waals surface area contributed by atoms with Gasteiger partial charge in [-0.25, -0.2) is 9.97 Å². The maximum atomic E-state index is 11.2. The van der Waals surface area contributed by atoms with Gasteiger partial charge in [-0.15, -0.1) is 11.3 Å². The number of fused-ring (bicyclic) bond motifs is 1. The lowest BCUT2D eigenvalue weighted by Crippen LogP contribution is -2.21. The van der Waals surface area contributed by atoms with Crippen molar-refractivity contribution in [2.75, 3.05) is 12.4 Å². The summed E-state index contributed by atoms with van der Waals surface area (Å²) in [6, 6.07) is 7.52. The minimum Gasteiger partial charge on any atom is -0.495 e. The zero-order chi connectivity index (χ0) is 21.3. The summed E-state index contributed by atoms with van der Waals surface area (Å²) >= 11 is 13.9. The number of nitrogens with zero attached hydrogens (tertiary/aromatic N) is 2. The Morgan fingerprint density at radius 2 is 2.00 bits per heavy atom. The predicted octanol–water partition coefficient (Wildman–Crippen LogP) is 5.98. The van der Waals surface area contributed by atoms with Crippen LogP contribution in [-0.4, -0.2) is 28.2 Å². The van der Waals surface area contributed by atoms with Gasteiger partial charge in [0.05, 0.1) is 27.8 Å². The van der Waals surface area contributed by atoms with Crippen LogP contribution in [0.4, 0.5) is 5.82 Å². The number of thiophene rings is 1. The lowest BCUT2D eigenvalue weighted by Gasteiger charge is -2.25. The van der Waals surface area contributed by atoms with Gasteiger partial charge in [-0.05, 0) is 49.4 Å². The molecule has 9 heteroatoms. The molecule has 2 aromatic heterocycles. The van der Waals surface area contributed by atoms with Crippen LogP contribution in [0.5, 0.6) is 5.75 Å². The van der Waals surface area contributed by atoms with Gasteiger partial charge in [0, 0.05) is 12.5 Å². The Kier molecular flexibility index (Phi) is 6.32. The van der Waals surface area contributed by atoms with E-state index < -0.39 is 5.97 Å². The van der Waals surface area contributed by atoms with Crippen LogP contribution in [0.15, 0.2) is 24.3 Å². The van der Waals surface area contributed by atoms with Crippen molar-refractivity contribution < 1.29 is 14.6 Å². The molecule has 2 heterocycles. The molecule has 158 valence electrons. The summed E-state index contributed by atoms with van der Waals surface area (Å²) < 4.78 is 5.86. The molecule has 0 aliphatic heterocycles. The molecule has 0 spiro atoms. The van der Waals surface area contributed by atoms with E-state index >= 15 is 0 Å². The highest BCUT2D eigenvalue weighted by Crippen LogP contribution is 2.38. The molecule has 0 amide bonds. The SMILES string of the molecule is COc1ccc(CNc2nc(C3CCC(C(=O)O)CC3)nc3sc(Cl)cc23)cc1Cl. The number of carbonyl (C=O) groups is 1. The second-order valence-electron chi connectivity index (χ2n) is 7.41. The third-order valence-corrected chi connectivity index (χ3v) is 6.95. The summed E-state index contributed by atoms with van der Waals surface area (Å²) in [5.74, 6) is 1.29. The second kappa shape index (κ2) is 8.96. The van der Waals surface area contributed by atoms with Crippen LogP contribution in [0.25, 0.3) is 10.2 Å². The number of halogens is 2. The van der Waals surface area contributed by atoms with Gasteiger partial charge in [0.25, 0.3) is 0 Å². The molecule has 0 atom stereocenters. The fourth-order valence-corrected chi connectivity index (χ4v) is 5.20. The fraction of sp³-hybridized carbons (Fsp3) is 0.381. The molecule has 0 unspecified atom stereocenters. The van der Waals surface area contributed by atoms with Gasteiger partial charge in [0.15, 0.2) is 0 Å². The van der Waals surface area contributed by atoms with Gasteiger partial charge < -0.3 is 15.2 Å². The average molecular weight is 466 g/mol. The Morgan fingerprint density at radius 3 is 2.67 bits per heavy atom. The van der Waals surface area contributed by atoms with Crippen LogP contribution in [-0.2, 0) is 11.3 Å². The third-order valence-electron chi connectivity index (χ3n) is 5.50. The molecule has 30 heavy (non-hydrogen) atoms. The van der Waals surface area contributed by atoms with Crippen LogP contribution >= 0.6 is 34.5 Å². The van der Waals surface area contributed by atoms with Crippen molar-refractivity contribution in [1.29, 1.82) is 0 Å². The van der Waals surface area contributed by atoms with E-state index in [-0.39, 0.29) is 11.8 Å². The summed E-state index contributed by atoms with van der Waals surface area (Å²) in [7, 11) is 1.59. The molecule has 0 saturated heterocycles. The highest BCUT2D eigenvalue weighted by Gasteiger charge is 2.29. The number of hydrogen-bond donors (Lipinski definition) is 2. The largest absolute Gasteiger partial charge is 0.495 e. The van der Waals surface area contributed by atoms with E-state index in [1.807, 2.05) is 24.3 Å². The minimum absolute atomic E-state index is 0.154. The minimum atomic E-state index is -0.713. The third kappa shape index (κ3) is 4.48. The fourth-order valence-electron chi connectivity index (χ4n) is 3.83. The monoisotopic (exact) mass is 465 g/mol. The summed E-state index contributed by atoms with van der Waals surface area (Å²) in [5, 5.41) is 14.1. The number of carboxylic acid groups (broad SMARTS) is 1. The van der Waals surface area contributed by atoms with E-state index in [4.69, 9.17) is 37.9 Å². The van der Waals surface area contributed by atoms with Crippen LogP contribution in [0, 0.1) is 5.92 Å². The normalized spacial score (nSPS) is 19.0. The van der Waals surface area contributed by atoms with E-state index in [0.717, 1.165) is 40.3 Å². The number of aromatic nitrogens is 2. The lowest BCUT2D eigenvalue weighted by atomic mass is 9.81.